The standard InChI is InChI=1S/C28H35N5O4Si/c1-20-13-14-24(36-19-35-15-16-38(5,6)7)21(2)25(20)33-26(30-18-32(3)4)23(17-29)31-27(33)28(34)37-22-11-9-8-10-12-22/h8-14,18H,15-16,19H2,1-7H3. The van der Waals surface area contributed by atoms with E-state index in [-0.39, 0.29) is 24.1 Å². The van der Waals surface area contributed by atoms with Crippen molar-refractivity contribution in [3.8, 4) is 23.3 Å². The number of esters is 1. The molecule has 0 aliphatic carbocycles. The number of ether oxygens (including phenoxy) is 3. The lowest BCUT2D eigenvalue weighted by atomic mass is 10.1. The van der Waals surface area contributed by atoms with Crippen LogP contribution >= 0.6 is 0 Å². The minimum Gasteiger partial charge on any atom is -0.467 e. The molecule has 0 N–H and O–H groups in total. The molecule has 0 saturated carbocycles. The number of hydrogen-bond acceptors (Lipinski definition) is 7. The summed E-state index contributed by atoms with van der Waals surface area (Å²) in [6, 6.07) is 15.6. The molecule has 2 aromatic carbocycles. The van der Waals surface area contributed by atoms with Crippen molar-refractivity contribution in [3.05, 3.63) is 65.1 Å². The molecule has 0 saturated heterocycles. The van der Waals surface area contributed by atoms with Crippen molar-refractivity contribution in [2.24, 2.45) is 4.99 Å². The maximum atomic E-state index is 13.3. The Hall–Kier alpha value is -3.94. The van der Waals surface area contributed by atoms with Crippen LogP contribution in [0.2, 0.25) is 25.7 Å². The molecule has 10 heteroatoms. The van der Waals surface area contributed by atoms with Gasteiger partial charge in [-0.3, -0.25) is 4.57 Å². The zero-order valence-corrected chi connectivity index (χ0v) is 24.1. The molecule has 0 amide bonds. The number of carbonyl (C=O) groups is 1. The Balaban J connectivity index is 2.06. The summed E-state index contributed by atoms with van der Waals surface area (Å²) in [6.45, 7) is 11.4. The number of nitriles is 1. The lowest BCUT2D eigenvalue weighted by Crippen LogP contribution is -2.22. The van der Waals surface area contributed by atoms with Crippen molar-refractivity contribution >= 4 is 26.2 Å². The first-order valence-electron chi connectivity index (χ1n) is 12.3. The molecule has 0 bridgehead atoms. The molecule has 0 spiro atoms. The normalized spacial score (nSPS) is 11.4. The molecule has 0 unspecified atom stereocenters. The molecule has 0 radical (unpaired) electrons. The highest BCUT2D eigenvalue weighted by Gasteiger charge is 2.27. The highest BCUT2D eigenvalue weighted by molar-refractivity contribution is 6.76. The van der Waals surface area contributed by atoms with E-state index >= 15 is 0 Å². The van der Waals surface area contributed by atoms with E-state index in [2.05, 4.69) is 35.7 Å². The maximum absolute atomic E-state index is 13.3. The van der Waals surface area contributed by atoms with Crippen molar-refractivity contribution < 1.29 is 19.0 Å². The first-order valence-corrected chi connectivity index (χ1v) is 16.0. The van der Waals surface area contributed by atoms with Crippen LogP contribution in [0.25, 0.3) is 5.69 Å². The Kier molecular flexibility index (Phi) is 9.44. The van der Waals surface area contributed by atoms with Crippen LogP contribution in [0.5, 0.6) is 11.5 Å². The van der Waals surface area contributed by atoms with Gasteiger partial charge in [-0.1, -0.05) is 43.9 Å². The first-order chi connectivity index (χ1) is 18.0. The maximum Gasteiger partial charge on any atom is 0.380 e. The van der Waals surface area contributed by atoms with Gasteiger partial charge in [0.1, 0.15) is 17.6 Å². The number of aliphatic imine (C=N–C) groups is 1. The lowest BCUT2D eigenvalue weighted by molar-refractivity contribution is 0.0216. The number of imidazole rings is 1. The number of para-hydroxylation sites is 1. The van der Waals surface area contributed by atoms with Crippen LogP contribution in [0, 0.1) is 25.2 Å². The SMILES string of the molecule is Cc1ccc(OCOCC[Si](C)(C)C)c(C)c1-n1c(C(=O)Oc2ccccc2)nc(C#N)c1N=CN(C)C. The van der Waals surface area contributed by atoms with Crippen molar-refractivity contribution in [1.82, 2.24) is 14.5 Å². The number of nitrogens with zero attached hydrogens (tertiary/aromatic N) is 5. The number of aryl methyl sites for hydroxylation is 1. The molecule has 0 fully saturated rings. The van der Waals surface area contributed by atoms with Gasteiger partial charge in [0.05, 0.1) is 12.0 Å². The lowest BCUT2D eigenvalue weighted by Gasteiger charge is -2.19. The molecule has 3 aromatic rings. The third-order valence-electron chi connectivity index (χ3n) is 5.61. The van der Waals surface area contributed by atoms with E-state index in [1.54, 1.807) is 40.1 Å². The fraction of sp³-hybridized carbons (Fsp3) is 0.357. The summed E-state index contributed by atoms with van der Waals surface area (Å²) in [5.74, 6) is 0.404. The van der Waals surface area contributed by atoms with Gasteiger partial charge in [0.2, 0.25) is 5.82 Å². The van der Waals surface area contributed by atoms with Gasteiger partial charge < -0.3 is 19.1 Å². The van der Waals surface area contributed by atoms with Crippen molar-refractivity contribution in [3.63, 3.8) is 0 Å². The second-order valence-electron chi connectivity index (χ2n) is 10.3. The monoisotopic (exact) mass is 533 g/mol. The average molecular weight is 534 g/mol. The number of aromatic nitrogens is 2. The van der Waals surface area contributed by atoms with Crippen LogP contribution < -0.4 is 9.47 Å². The van der Waals surface area contributed by atoms with Crippen molar-refractivity contribution in [2.45, 2.75) is 39.5 Å². The Labute approximate surface area is 225 Å². The van der Waals surface area contributed by atoms with E-state index in [0.29, 0.717) is 23.8 Å². The molecule has 0 aliphatic heterocycles. The van der Waals surface area contributed by atoms with E-state index in [9.17, 15) is 10.1 Å². The Morgan fingerprint density at radius 3 is 2.50 bits per heavy atom. The van der Waals surface area contributed by atoms with Crippen LogP contribution in [0.1, 0.15) is 27.4 Å². The smallest absolute Gasteiger partial charge is 0.380 e. The minimum atomic E-state index is -1.20. The number of rotatable bonds is 11. The molecule has 0 aliphatic rings. The Bertz CT molecular complexity index is 1340. The van der Waals surface area contributed by atoms with Gasteiger partial charge in [0.15, 0.2) is 18.3 Å². The minimum absolute atomic E-state index is 0.00270. The van der Waals surface area contributed by atoms with E-state index in [4.69, 9.17) is 14.2 Å². The molecular weight excluding hydrogens is 498 g/mol. The van der Waals surface area contributed by atoms with E-state index in [1.807, 2.05) is 46.1 Å². The first kappa shape index (κ1) is 28.6. The zero-order valence-electron chi connectivity index (χ0n) is 23.1. The van der Waals surface area contributed by atoms with Gasteiger partial charge in [-0.05, 0) is 43.7 Å². The van der Waals surface area contributed by atoms with E-state index < -0.39 is 14.0 Å². The topological polar surface area (TPSA) is 102 Å². The Morgan fingerprint density at radius 2 is 1.87 bits per heavy atom. The summed E-state index contributed by atoms with van der Waals surface area (Å²) >= 11 is 0. The second-order valence-corrected chi connectivity index (χ2v) is 15.9. The summed E-state index contributed by atoms with van der Waals surface area (Å²) < 4.78 is 18.8. The highest BCUT2D eigenvalue weighted by atomic mass is 28.3. The zero-order chi connectivity index (χ0) is 27.9. The summed E-state index contributed by atoms with van der Waals surface area (Å²) in [4.78, 5) is 23.9. The van der Waals surface area contributed by atoms with E-state index in [1.165, 1.54) is 0 Å². The quantitative estimate of drug-likeness (QED) is 0.0610. The predicted octanol–water partition coefficient (Wildman–Crippen LogP) is 5.49. The summed E-state index contributed by atoms with van der Waals surface area (Å²) in [6.07, 6.45) is 1.55. The van der Waals surface area contributed by atoms with Crippen molar-refractivity contribution in [2.75, 3.05) is 27.5 Å². The predicted molar refractivity (Wildman–Crippen MR) is 151 cm³/mol. The summed E-state index contributed by atoms with van der Waals surface area (Å²) in [7, 11) is 2.42. The van der Waals surface area contributed by atoms with Gasteiger partial charge in [-0.2, -0.15) is 5.26 Å². The van der Waals surface area contributed by atoms with Crippen LogP contribution in [0.3, 0.4) is 0 Å². The molecule has 0 atom stereocenters. The molecule has 200 valence electrons. The van der Waals surface area contributed by atoms with Crippen LogP contribution in [0.4, 0.5) is 5.82 Å². The summed E-state index contributed by atoms with van der Waals surface area (Å²) in [5, 5.41) is 9.85. The largest absolute Gasteiger partial charge is 0.467 e. The molecule has 1 aromatic heterocycles. The van der Waals surface area contributed by atoms with Crippen LogP contribution in [0.15, 0.2) is 47.5 Å². The number of carbonyl (C=O) groups excluding carboxylic acids is 1. The van der Waals surface area contributed by atoms with Gasteiger partial charge in [0.25, 0.3) is 0 Å². The fourth-order valence-corrected chi connectivity index (χ4v) is 4.38. The van der Waals surface area contributed by atoms with Gasteiger partial charge in [0, 0.05) is 34.3 Å². The third-order valence-corrected chi connectivity index (χ3v) is 7.31. The Morgan fingerprint density at radius 1 is 1.16 bits per heavy atom. The van der Waals surface area contributed by atoms with E-state index in [0.717, 1.165) is 17.2 Å². The number of hydrogen-bond donors (Lipinski definition) is 0. The number of benzene rings is 2. The highest BCUT2D eigenvalue weighted by Crippen LogP contribution is 2.34. The third kappa shape index (κ3) is 7.31. The van der Waals surface area contributed by atoms with Gasteiger partial charge >= 0.3 is 5.97 Å². The van der Waals surface area contributed by atoms with Crippen molar-refractivity contribution in [1.29, 1.82) is 5.26 Å². The van der Waals surface area contributed by atoms with Crippen LogP contribution in [-0.4, -0.2) is 62.3 Å². The molecule has 3 rings (SSSR count). The van der Waals surface area contributed by atoms with Gasteiger partial charge in [-0.15, -0.1) is 0 Å². The van der Waals surface area contributed by atoms with Gasteiger partial charge in [-0.25, -0.2) is 14.8 Å². The average Bonchev–Trinajstić information content (AvgIpc) is 3.22. The fourth-order valence-electron chi connectivity index (χ4n) is 3.63. The molecule has 9 nitrogen and oxygen atoms in total. The molecule has 38 heavy (non-hydrogen) atoms. The summed E-state index contributed by atoms with van der Waals surface area (Å²) in [5.41, 5.74) is 2.22. The molecular formula is C28H35N5O4Si. The second kappa shape index (κ2) is 12.5. The molecule has 1 heterocycles. The van der Waals surface area contributed by atoms with Crippen LogP contribution in [-0.2, 0) is 4.74 Å².